The van der Waals surface area contributed by atoms with E-state index in [1.807, 2.05) is 20.8 Å². The zero-order chi connectivity index (χ0) is 16.4. The highest BCUT2D eigenvalue weighted by atomic mass is 28.4. The zero-order valence-electron chi connectivity index (χ0n) is 14.2. The fourth-order valence-electron chi connectivity index (χ4n) is 2.12. The molecule has 0 aromatic rings. The molecular weight excluding hydrogens is 286 g/mol. The molecule has 1 N–H and O–H groups in total. The van der Waals surface area contributed by atoms with Crippen molar-refractivity contribution in [3.05, 3.63) is 0 Å². The molecule has 0 spiro atoms. The van der Waals surface area contributed by atoms with Gasteiger partial charge in [-0.15, -0.1) is 0 Å². The molecule has 0 heterocycles. The van der Waals surface area contributed by atoms with Gasteiger partial charge in [-0.1, -0.05) is 39.0 Å². The van der Waals surface area contributed by atoms with Gasteiger partial charge in [-0.3, -0.25) is 0 Å². The molecule has 0 aliphatic heterocycles. The first-order chi connectivity index (χ1) is 10.2. The third kappa shape index (κ3) is 14.2. The number of hydrogen-bond donors (Lipinski definition) is 1. The highest BCUT2D eigenvalue weighted by molar-refractivity contribution is 6.60. The van der Waals surface area contributed by atoms with E-state index in [9.17, 15) is 0 Å². The Morgan fingerprint density at radius 1 is 0.810 bits per heavy atom. The fourth-order valence-corrected chi connectivity index (χ4v) is 4.81. The number of hydrogen-bond acceptors (Lipinski definition) is 5. The molecule has 0 aromatic carbocycles. The minimum Gasteiger partial charge on any atom is -0.374 e. The number of isocyanates is 1. The highest BCUT2D eigenvalue weighted by Gasteiger charge is 2.39. The van der Waals surface area contributed by atoms with E-state index < -0.39 is 8.80 Å². The Kier molecular flexibility index (Phi) is 19.0. The van der Waals surface area contributed by atoms with Gasteiger partial charge in [-0.05, 0) is 27.2 Å². The molecule has 0 aromatic heterocycles. The molecule has 126 valence electrons. The molecule has 0 amide bonds. The monoisotopic (exact) mass is 319 g/mol. The van der Waals surface area contributed by atoms with Gasteiger partial charge in [-0.25, -0.2) is 10.2 Å². The van der Waals surface area contributed by atoms with Gasteiger partial charge in [0.1, 0.15) is 0 Å². The van der Waals surface area contributed by atoms with Crippen molar-refractivity contribution in [2.24, 2.45) is 0 Å². The lowest BCUT2D eigenvalue weighted by molar-refractivity contribution is 0.0706. The summed E-state index contributed by atoms with van der Waals surface area (Å²) in [6, 6.07) is 0.967. The van der Waals surface area contributed by atoms with Crippen LogP contribution >= 0.6 is 0 Å². The first-order valence-corrected chi connectivity index (χ1v) is 10.0. The van der Waals surface area contributed by atoms with Crippen LogP contribution in [0.3, 0.4) is 0 Å². The smallest absolute Gasteiger partial charge is 0.374 e. The van der Waals surface area contributed by atoms with Gasteiger partial charge in [0.25, 0.3) is 0 Å². The number of rotatable bonds is 13. The van der Waals surface area contributed by atoms with Crippen LogP contribution in [0.25, 0.3) is 0 Å². The molecule has 0 rings (SSSR count). The van der Waals surface area contributed by atoms with E-state index in [1.165, 1.54) is 32.1 Å². The van der Waals surface area contributed by atoms with E-state index in [0.717, 1.165) is 18.5 Å². The average molecular weight is 320 g/mol. The van der Waals surface area contributed by atoms with E-state index >= 15 is 0 Å². The molecule has 6 heteroatoms. The van der Waals surface area contributed by atoms with Crippen LogP contribution in [0.15, 0.2) is 0 Å². The summed E-state index contributed by atoms with van der Waals surface area (Å²) in [6.07, 6.45) is 8.50. The number of unbranched alkanes of at least 4 members (excludes halogenated alkanes) is 5. The van der Waals surface area contributed by atoms with Crippen LogP contribution in [0.5, 0.6) is 0 Å². The van der Waals surface area contributed by atoms with Crippen LogP contribution in [0.1, 0.15) is 66.2 Å². The molecule has 0 saturated heterocycles. The zero-order valence-corrected chi connectivity index (χ0v) is 15.2. The summed E-state index contributed by atoms with van der Waals surface area (Å²) in [7, 11) is -2.36. The standard InChI is InChI=1S/C14H32O3Si.CHNO/c1-5-9-10-11-12-13-14-18(15-6-2,16-7-3)17-8-4;2-1-3/h5-14H2,1-4H3;2H. The molecule has 0 aliphatic rings. The Hall–Kier alpha value is -0.523. The maximum Gasteiger partial charge on any atom is 0.500 e. The van der Waals surface area contributed by atoms with Gasteiger partial charge in [0, 0.05) is 25.9 Å². The lowest BCUT2D eigenvalue weighted by Crippen LogP contribution is -2.45. The van der Waals surface area contributed by atoms with E-state index in [0.29, 0.717) is 19.8 Å². The van der Waals surface area contributed by atoms with Gasteiger partial charge in [0.15, 0.2) is 0 Å². The maximum atomic E-state index is 8.35. The van der Waals surface area contributed by atoms with Crippen molar-refractivity contribution in [2.75, 3.05) is 19.8 Å². The molecule has 0 aliphatic carbocycles. The summed E-state index contributed by atoms with van der Waals surface area (Å²) < 4.78 is 17.5. The first kappa shape index (κ1) is 22.8. The highest BCUT2D eigenvalue weighted by Crippen LogP contribution is 2.20. The van der Waals surface area contributed by atoms with Crippen molar-refractivity contribution in [1.29, 1.82) is 5.41 Å². The lowest BCUT2D eigenvalue weighted by Gasteiger charge is -2.28. The van der Waals surface area contributed by atoms with Crippen LogP contribution in [-0.4, -0.2) is 34.7 Å². The van der Waals surface area contributed by atoms with Crippen LogP contribution in [-0.2, 0) is 18.1 Å². The van der Waals surface area contributed by atoms with Crippen LogP contribution in [0.4, 0.5) is 0 Å². The second kappa shape index (κ2) is 17.5. The summed E-state index contributed by atoms with van der Waals surface area (Å²) >= 11 is 0. The summed E-state index contributed by atoms with van der Waals surface area (Å²) in [5.74, 6) is 0. The van der Waals surface area contributed by atoms with E-state index in [2.05, 4.69) is 6.92 Å². The maximum absolute atomic E-state index is 8.35. The van der Waals surface area contributed by atoms with Gasteiger partial charge in [0.2, 0.25) is 6.08 Å². The molecule has 5 nitrogen and oxygen atoms in total. The van der Waals surface area contributed by atoms with Crippen molar-refractivity contribution in [2.45, 2.75) is 72.3 Å². The Morgan fingerprint density at radius 2 is 1.19 bits per heavy atom. The van der Waals surface area contributed by atoms with E-state index in [-0.39, 0.29) is 0 Å². The van der Waals surface area contributed by atoms with Gasteiger partial charge in [0.05, 0.1) is 0 Å². The van der Waals surface area contributed by atoms with Crippen molar-refractivity contribution < 1.29 is 18.1 Å². The molecule has 0 atom stereocenters. The van der Waals surface area contributed by atoms with Crippen molar-refractivity contribution in [3.8, 4) is 0 Å². The largest absolute Gasteiger partial charge is 0.500 e. The Bertz CT molecular complexity index is 229. The molecule has 0 unspecified atom stereocenters. The van der Waals surface area contributed by atoms with E-state index in [4.69, 9.17) is 23.5 Å². The number of nitrogens with one attached hydrogen (secondary N) is 1. The summed E-state index contributed by atoms with van der Waals surface area (Å²) in [5.41, 5.74) is 0. The van der Waals surface area contributed by atoms with Crippen LogP contribution in [0, 0.1) is 5.41 Å². The molecular formula is C15H33NO4Si. The predicted octanol–water partition coefficient (Wildman–Crippen LogP) is 4.30. The van der Waals surface area contributed by atoms with Crippen molar-refractivity contribution in [3.63, 3.8) is 0 Å². The molecule has 0 saturated carbocycles. The fraction of sp³-hybridized carbons (Fsp3) is 0.933. The van der Waals surface area contributed by atoms with Gasteiger partial charge < -0.3 is 13.3 Å². The van der Waals surface area contributed by atoms with Gasteiger partial charge in [-0.2, -0.15) is 0 Å². The average Bonchev–Trinajstić information content (AvgIpc) is 2.44. The Morgan fingerprint density at radius 3 is 1.57 bits per heavy atom. The summed E-state index contributed by atoms with van der Waals surface area (Å²) in [5, 5.41) is 5.40. The third-order valence-electron chi connectivity index (χ3n) is 2.93. The van der Waals surface area contributed by atoms with Crippen LogP contribution < -0.4 is 0 Å². The SMILES string of the molecule is CCCCCCCC[Si](OCC)(OCC)OCC.N=C=O. The predicted molar refractivity (Wildman–Crippen MR) is 87.2 cm³/mol. The second-order valence-corrected chi connectivity index (χ2v) is 7.33. The van der Waals surface area contributed by atoms with Crippen molar-refractivity contribution in [1.82, 2.24) is 0 Å². The molecule has 0 radical (unpaired) electrons. The third-order valence-corrected chi connectivity index (χ3v) is 6.08. The second-order valence-electron chi connectivity index (χ2n) is 4.60. The number of carbonyl (C=O) groups excluding carboxylic acids is 1. The van der Waals surface area contributed by atoms with E-state index in [1.54, 1.807) is 0 Å². The Balaban J connectivity index is 0. The minimum absolute atomic E-state index is 0.683. The topological polar surface area (TPSA) is 68.6 Å². The lowest BCUT2D eigenvalue weighted by atomic mass is 10.1. The van der Waals surface area contributed by atoms with Crippen molar-refractivity contribution >= 4 is 14.9 Å². The Labute approximate surface area is 131 Å². The van der Waals surface area contributed by atoms with Crippen LogP contribution in [0.2, 0.25) is 6.04 Å². The summed E-state index contributed by atoms with van der Waals surface area (Å²) in [4.78, 5) is 8.35. The molecule has 0 fully saturated rings. The summed E-state index contributed by atoms with van der Waals surface area (Å²) in [6.45, 7) is 10.3. The van der Waals surface area contributed by atoms with Gasteiger partial charge >= 0.3 is 8.80 Å². The molecule has 21 heavy (non-hydrogen) atoms. The first-order valence-electron chi connectivity index (χ1n) is 8.11. The molecule has 0 bridgehead atoms. The normalized spacial score (nSPS) is 10.7. The minimum atomic E-state index is -2.36. The quantitative estimate of drug-likeness (QED) is 0.238.